The van der Waals surface area contributed by atoms with E-state index in [1.54, 1.807) is 69.2 Å². The van der Waals surface area contributed by atoms with Gasteiger partial charge in [-0.05, 0) is 167 Å². The fourth-order valence-electron chi connectivity index (χ4n) is 19.1. The Morgan fingerprint density at radius 3 is 1.45 bits per heavy atom. The summed E-state index contributed by atoms with van der Waals surface area (Å²) in [5.41, 5.74) is -9.23. The average Bonchev–Trinajstić information content (AvgIpc) is 1.54. The number of halogens is 3. The Labute approximate surface area is 604 Å². The molecule has 0 spiro atoms. The lowest BCUT2D eigenvalue weighted by Crippen LogP contribution is -2.57. The highest BCUT2D eigenvalue weighted by molar-refractivity contribution is 5.89. The summed E-state index contributed by atoms with van der Waals surface area (Å²) >= 11 is 0. The molecule has 4 heterocycles. The minimum Gasteiger partial charge on any atom is -0.468 e. The number of carbonyl (C=O) groups excluding carboxylic acids is 13. The van der Waals surface area contributed by atoms with Crippen molar-refractivity contribution in [3.63, 3.8) is 0 Å². The van der Waals surface area contributed by atoms with Crippen LogP contribution in [0.15, 0.2) is 0 Å². The smallest absolute Gasteiger partial charge is 0.393 e. The third-order valence-electron chi connectivity index (χ3n) is 27.9. The van der Waals surface area contributed by atoms with E-state index in [4.69, 9.17) is 61.6 Å². The first-order chi connectivity index (χ1) is 47.7. The van der Waals surface area contributed by atoms with E-state index < -0.39 is 207 Å². The summed E-state index contributed by atoms with van der Waals surface area (Å²) in [7, 11) is 1.27. The number of carbonyl (C=O) groups is 13. The average molecular weight is 1480 g/mol. The molecule has 0 amide bonds. The number of methoxy groups -OCH3 is 1. The summed E-state index contributed by atoms with van der Waals surface area (Å²) < 4.78 is 110. The molecule has 4 saturated heterocycles. The van der Waals surface area contributed by atoms with Gasteiger partial charge in [0.1, 0.15) is 35.9 Å². The van der Waals surface area contributed by atoms with Gasteiger partial charge >= 0.3 is 83.8 Å². The number of alkyl halides is 3. The largest absolute Gasteiger partial charge is 0.468 e. The summed E-state index contributed by atoms with van der Waals surface area (Å²) in [4.78, 5) is 158. The lowest BCUT2D eigenvalue weighted by atomic mass is 9.61. The molecule has 582 valence electrons. The second kappa shape index (κ2) is 27.0. The molecule has 22 atom stereocenters. The van der Waals surface area contributed by atoms with Crippen LogP contribution < -0.4 is 0 Å². The van der Waals surface area contributed by atoms with E-state index in [1.165, 1.54) is 14.0 Å². The van der Waals surface area contributed by atoms with Crippen molar-refractivity contribution >= 4 is 77.6 Å². The van der Waals surface area contributed by atoms with Crippen LogP contribution in [0.5, 0.6) is 0 Å². The van der Waals surface area contributed by atoms with E-state index in [0.717, 1.165) is 12.8 Å². The summed E-state index contributed by atoms with van der Waals surface area (Å²) in [6.07, 6.45) is -3.85. The van der Waals surface area contributed by atoms with Gasteiger partial charge in [-0.1, -0.05) is 41.5 Å². The molecule has 0 aromatic heterocycles. The minimum absolute atomic E-state index is 0.0527. The molecular weight excluding hydrogens is 1370 g/mol. The van der Waals surface area contributed by atoms with Crippen molar-refractivity contribution in [1.82, 2.24) is 0 Å². The van der Waals surface area contributed by atoms with Gasteiger partial charge in [-0.2, -0.15) is 13.2 Å². The second-order valence-electron chi connectivity index (χ2n) is 35.0. The van der Waals surface area contributed by atoms with Crippen LogP contribution in [0.3, 0.4) is 0 Å². The third kappa shape index (κ3) is 12.6. The molecule has 0 aromatic carbocycles. The molecule has 22 unspecified atom stereocenters. The Kier molecular flexibility index (Phi) is 21.0. The first-order valence-electron chi connectivity index (χ1n) is 36.3. The number of rotatable bonds is 21. The monoisotopic (exact) mass is 1480 g/mol. The molecule has 12 rings (SSSR count). The highest BCUT2D eigenvalue weighted by atomic mass is 19.4. The lowest BCUT2D eigenvalue weighted by molar-refractivity contribution is -0.226. The highest BCUT2D eigenvalue weighted by Crippen LogP contribution is 2.74. The quantitative estimate of drug-likeness (QED) is 0.0763. The molecule has 8 saturated carbocycles. The summed E-state index contributed by atoms with van der Waals surface area (Å²) in [5, 5.41) is 0. The number of hydrogen-bond donors (Lipinski definition) is 0. The number of hydrogen-bond acceptors (Lipinski definition) is 26. The molecule has 8 bridgehead atoms. The molecule has 12 fully saturated rings. The number of esters is 13. The fourth-order valence-corrected chi connectivity index (χ4v) is 19.1. The lowest BCUT2D eigenvalue weighted by Gasteiger charge is -2.45. The molecule has 104 heavy (non-hydrogen) atoms. The molecular formula is C75H105F3O26. The Morgan fingerprint density at radius 2 is 0.981 bits per heavy atom. The van der Waals surface area contributed by atoms with Crippen LogP contribution in [0, 0.1) is 101 Å². The van der Waals surface area contributed by atoms with Gasteiger partial charge in [0, 0.05) is 40.9 Å². The van der Waals surface area contributed by atoms with Crippen LogP contribution in [0.4, 0.5) is 13.2 Å². The maximum Gasteiger partial charge on any atom is 0.393 e. The second-order valence-corrected chi connectivity index (χ2v) is 35.0. The Balaban J connectivity index is 0.000000161. The summed E-state index contributed by atoms with van der Waals surface area (Å²) in [6, 6.07) is 0. The first-order valence-corrected chi connectivity index (χ1v) is 36.3. The van der Waals surface area contributed by atoms with Gasteiger partial charge in [-0.15, -0.1) is 0 Å². The zero-order valence-electron chi connectivity index (χ0n) is 63.7. The van der Waals surface area contributed by atoms with Crippen LogP contribution >= 0.6 is 0 Å². The molecule has 0 radical (unpaired) electrons. The van der Waals surface area contributed by atoms with Gasteiger partial charge in [0.2, 0.25) is 0 Å². The predicted molar refractivity (Wildman–Crippen MR) is 351 cm³/mol. The van der Waals surface area contributed by atoms with E-state index in [-0.39, 0.29) is 65.8 Å². The van der Waals surface area contributed by atoms with E-state index in [1.807, 2.05) is 55.4 Å². The number of ether oxygens (including phenoxy) is 13. The summed E-state index contributed by atoms with van der Waals surface area (Å²) in [6.45, 7) is 34.0. The van der Waals surface area contributed by atoms with Gasteiger partial charge in [0.05, 0.1) is 56.3 Å². The van der Waals surface area contributed by atoms with Gasteiger partial charge in [-0.25, -0.2) is 19.2 Å². The van der Waals surface area contributed by atoms with Crippen LogP contribution in [-0.2, 0) is 124 Å². The van der Waals surface area contributed by atoms with Crippen molar-refractivity contribution in [2.45, 2.75) is 257 Å². The van der Waals surface area contributed by atoms with Gasteiger partial charge in [0.15, 0.2) is 43.7 Å². The number of fused-ring (bicyclic) bond motifs is 4. The molecule has 0 aromatic rings. The Hall–Kier alpha value is -7.10. The normalized spacial score (nSPS) is 39.1. The van der Waals surface area contributed by atoms with Gasteiger partial charge in [0.25, 0.3) is 0 Å². The third-order valence-corrected chi connectivity index (χ3v) is 27.9. The summed E-state index contributed by atoms with van der Waals surface area (Å²) in [5.74, 6) is -10.5. The topological polar surface area (TPSA) is 342 Å². The zero-order valence-corrected chi connectivity index (χ0v) is 63.7. The first kappa shape index (κ1) is 81.0. The maximum atomic E-state index is 13.6. The van der Waals surface area contributed by atoms with Crippen LogP contribution in [-0.4, -0.2) is 165 Å². The molecule has 8 aliphatic carbocycles. The molecule has 4 aliphatic heterocycles. The van der Waals surface area contributed by atoms with E-state index >= 15 is 0 Å². The van der Waals surface area contributed by atoms with E-state index in [2.05, 4.69) is 6.92 Å². The highest BCUT2D eigenvalue weighted by Gasteiger charge is 2.83. The predicted octanol–water partition coefficient (Wildman–Crippen LogP) is 9.14. The molecule has 26 nitrogen and oxygen atoms in total. The van der Waals surface area contributed by atoms with Crippen LogP contribution in [0.25, 0.3) is 0 Å². The fraction of sp³-hybridized carbons (Fsp3) is 0.827. The SMILES string of the molecule is CCC(C)(C)C(=O)OCC(=O)OC1(C)C2CC3C(C)(C2)C(=O)OC31C.CCC(C)(C)C(=O)OCC(=O)OC1C2CC3(C)C1OC(=O)C3(C)C2C.CCC(C)(C)C(=O)OCC(=O)OC1C2CC3C1OC(=O)C3(C)C2C(F)(F)F.CCC(C)(C)C(=O)OCC(=O)OC1C2OC(=O)C3(C)CC1(C(=O)OC)CC23. The van der Waals surface area contributed by atoms with Crippen molar-refractivity contribution in [3.05, 3.63) is 0 Å². The zero-order chi connectivity index (χ0) is 78.2. The van der Waals surface area contributed by atoms with Crippen LogP contribution in [0.2, 0.25) is 0 Å². The molecule has 0 N–H and O–H groups in total. The van der Waals surface area contributed by atoms with E-state index in [9.17, 15) is 75.5 Å². The maximum absolute atomic E-state index is 13.6. The van der Waals surface area contributed by atoms with Crippen LogP contribution in [0.1, 0.15) is 203 Å². The van der Waals surface area contributed by atoms with Crippen molar-refractivity contribution in [1.29, 1.82) is 0 Å². The minimum atomic E-state index is -4.61. The Bertz CT molecular complexity index is 3540. The van der Waals surface area contributed by atoms with Gasteiger partial charge in [-0.3, -0.25) is 43.2 Å². The van der Waals surface area contributed by atoms with Crippen molar-refractivity contribution in [2.75, 3.05) is 33.5 Å². The molecule has 12 aliphatic rings. The van der Waals surface area contributed by atoms with Gasteiger partial charge < -0.3 is 61.6 Å². The van der Waals surface area contributed by atoms with Crippen molar-refractivity contribution in [3.8, 4) is 0 Å². The Morgan fingerprint density at radius 1 is 0.519 bits per heavy atom. The molecule has 29 heteroatoms. The van der Waals surface area contributed by atoms with E-state index in [0.29, 0.717) is 38.5 Å². The standard InChI is InChI=1S/C19H26O8.2C19H28O6.C18H23F3O6/c1-6-17(2,3)14(21)25-8-11(20)26-13-12-10-7-19(13,16(23)24-5)9-18(10,4)15(22)27-12;1-7-16(2,3)14(21)23-10-13(20)24-18(5)11-8-12-17(4,9-11)15(22)25-19(12,18)6;1-7-17(3,4)15(21)23-9-12(20)24-13-11-8-18(5)14(13)25-16(22)19(18,6)10(11)2;1-5-16(2,3)14(23)25-7-10(22)26-11-8-6-9-12(11)27-15(24)17(9,4)13(8)18(19,20)21/h10,12-13H,6-9H2,1-5H3;11-12H,7-10H2,1-6H3;10-11,13-14H,7-9H2,1-6H3;8-9,11-13H,5-7H2,1-4H3. The van der Waals surface area contributed by atoms with Crippen molar-refractivity contribution < 1.29 is 137 Å². The van der Waals surface area contributed by atoms with Crippen molar-refractivity contribution in [2.24, 2.45) is 101 Å².